The standard InChI is InChI=1S/C8H10N2/c1-10-5-3-7-2-4-9-6-8(7)10/h2,4,6H,3,5H2,1H3. The van der Waals surface area contributed by atoms with Gasteiger partial charge in [-0.05, 0) is 18.1 Å². The third kappa shape index (κ3) is 0.685. The molecule has 1 aliphatic heterocycles. The number of pyridine rings is 1. The molecule has 0 saturated heterocycles. The van der Waals surface area contributed by atoms with Crippen LogP contribution in [0.2, 0.25) is 0 Å². The van der Waals surface area contributed by atoms with Crippen LogP contribution in [0.4, 0.5) is 5.69 Å². The highest BCUT2D eigenvalue weighted by Gasteiger charge is 2.13. The lowest BCUT2D eigenvalue weighted by atomic mass is 10.2. The fraction of sp³-hybridized carbons (Fsp3) is 0.375. The molecule has 10 heavy (non-hydrogen) atoms. The Hall–Kier alpha value is -1.05. The van der Waals surface area contributed by atoms with Crippen molar-refractivity contribution in [2.24, 2.45) is 0 Å². The minimum absolute atomic E-state index is 1.14. The molecule has 0 aromatic carbocycles. The van der Waals surface area contributed by atoms with Crippen molar-refractivity contribution in [2.75, 3.05) is 18.5 Å². The van der Waals surface area contributed by atoms with Gasteiger partial charge in [0.25, 0.3) is 0 Å². The fourth-order valence-electron chi connectivity index (χ4n) is 1.38. The summed E-state index contributed by atoms with van der Waals surface area (Å²) < 4.78 is 0. The highest BCUT2D eigenvalue weighted by Crippen LogP contribution is 2.23. The fourth-order valence-corrected chi connectivity index (χ4v) is 1.38. The first-order valence-electron chi connectivity index (χ1n) is 3.52. The van der Waals surface area contributed by atoms with E-state index in [4.69, 9.17) is 0 Å². The molecule has 0 fully saturated rings. The van der Waals surface area contributed by atoms with Gasteiger partial charge >= 0.3 is 0 Å². The zero-order valence-corrected chi connectivity index (χ0v) is 6.04. The quantitative estimate of drug-likeness (QED) is 0.527. The Morgan fingerprint density at radius 2 is 2.50 bits per heavy atom. The van der Waals surface area contributed by atoms with Gasteiger partial charge in [-0.15, -0.1) is 0 Å². The van der Waals surface area contributed by atoms with Gasteiger partial charge in [-0.3, -0.25) is 4.98 Å². The SMILES string of the molecule is CN1CCc2ccncc21. The van der Waals surface area contributed by atoms with Gasteiger partial charge in [0.05, 0.1) is 11.9 Å². The molecule has 0 spiro atoms. The van der Waals surface area contributed by atoms with Gasteiger partial charge in [-0.1, -0.05) is 0 Å². The van der Waals surface area contributed by atoms with Gasteiger partial charge in [0, 0.05) is 19.8 Å². The summed E-state index contributed by atoms with van der Waals surface area (Å²) in [6.45, 7) is 1.14. The first kappa shape index (κ1) is 5.71. The number of hydrogen-bond acceptors (Lipinski definition) is 2. The zero-order valence-electron chi connectivity index (χ0n) is 6.04. The third-order valence-corrected chi connectivity index (χ3v) is 2.02. The van der Waals surface area contributed by atoms with Crippen LogP contribution in [0.15, 0.2) is 18.5 Å². The van der Waals surface area contributed by atoms with Crippen LogP contribution in [0, 0.1) is 0 Å². The molecule has 52 valence electrons. The molecular weight excluding hydrogens is 124 g/mol. The molecule has 2 heterocycles. The number of anilines is 1. The van der Waals surface area contributed by atoms with Crippen LogP contribution >= 0.6 is 0 Å². The van der Waals surface area contributed by atoms with Gasteiger partial charge in [-0.25, -0.2) is 0 Å². The highest BCUT2D eigenvalue weighted by atomic mass is 15.1. The summed E-state index contributed by atoms with van der Waals surface area (Å²) in [7, 11) is 2.10. The van der Waals surface area contributed by atoms with Crippen LogP contribution in [0.3, 0.4) is 0 Å². The van der Waals surface area contributed by atoms with Crippen LogP contribution in [0.5, 0.6) is 0 Å². The molecule has 2 nitrogen and oxygen atoms in total. The number of aromatic nitrogens is 1. The Morgan fingerprint density at radius 1 is 1.60 bits per heavy atom. The maximum absolute atomic E-state index is 4.07. The van der Waals surface area contributed by atoms with E-state index >= 15 is 0 Å². The zero-order chi connectivity index (χ0) is 6.97. The van der Waals surface area contributed by atoms with Crippen LogP contribution in [0.1, 0.15) is 5.56 Å². The predicted octanol–water partition coefficient (Wildman–Crippen LogP) is 1.07. The Balaban J connectivity index is 2.51. The van der Waals surface area contributed by atoms with E-state index in [1.165, 1.54) is 17.7 Å². The van der Waals surface area contributed by atoms with Gasteiger partial charge in [0.15, 0.2) is 0 Å². The highest BCUT2D eigenvalue weighted by molar-refractivity contribution is 5.55. The summed E-state index contributed by atoms with van der Waals surface area (Å²) >= 11 is 0. The lowest BCUT2D eigenvalue weighted by molar-refractivity contribution is 0.955. The second kappa shape index (κ2) is 1.97. The largest absolute Gasteiger partial charge is 0.373 e. The average Bonchev–Trinajstić information content (AvgIpc) is 2.34. The maximum Gasteiger partial charge on any atom is 0.0583 e. The second-order valence-electron chi connectivity index (χ2n) is 2.68. The average molecular weight is 134 g/mol. The van der Waals surface area contributed by atoms with Gasteiger partial charge in [0.2, 0.25) is 0 Å². The lowest BCUT2D eigenvalue weighted by Crippen LogP contribution is -2.12. The summed E-state index contributed by atoms with van der Waals surface area (Å²) in [6.07, 6.45) is 4.97. The van der Waals surface area contributed by atoms with E-state index in [2.05, 4.69) is 23.0 Å². The van der Waals surface area contributed by atoms with Crippen LogP contribution < -0.4 is 4.90 Å². The molecule has 0 atom stereocenters. The first-order valence-corrected chi connectivity index (χ1v) is 3.52. The number of nitrogens with zero attached hydrogens (tertiary/aromatic N) is 2. The molecule has 0 saturated carbocycles. The monoisotopic (exact) mass is 134 g/mol. The Morgan fingerprint density at radius 3 is 3.30 bits per heavy atom. The minimum atomic E-state index is 1.14. The van der Waals surface area contributed by atoms with E-state index in [1.54, 1.807) is 0 Å². The van der Waals surface area contributed by atoms with Crippen molar-refractivity contribution in [1.29, 1.82) is 0 Å². The molecule has 0 N–H and O–H groups in total. The van der Waals surface area contributed by atoms with E-state index in [0.717, 1.165) is 6.54 Å². The summed E-state index contributed by atoms with van der Waals surface area (Å²) in [5.41, 5.74) is 2.72. The molecule has 0 radical (unpaired) electrons. The molecule has 0 amide bonds. The molecule has 0 aliphatic carbocycles. The van der Waals surface area contributed by atoms with E-state index in [9.17, 15) is 0 Å². The van der Waals surface area contributed by atoms with E-state index < -0.39 is 0 Å². The van der Waals surface area contributed by atoms with Crippen LogP contribution in [0.25, 0.3) is 0 Å². The van der Waals surface area contributed by atoms with Crippen molar-refractivity contribution in [2.45, 2.75) is 6.42 Å². The van der Waals surface area contributed by atoms with Crippen LogP contribution in [-0.2, 0) is 6.42 Å². The second-order valence-corrected chi connectivity index (χ2v) is 2.68. The molecule has 1 aliphatic rings. The van der Waals surface area contributed by atoms with E-state index in [-0.39, 0.29) is 0 Å². The Kier molecular flexibility index (Phi) is 1.13. The van der Waals surface area contributed by atoms with Crippen molar-refractivity contribution in [3.8, 4) is 0 Å². The van der Waals surface area contributed by atoms with Crippen molar-refractivity contribution < 1.29 is 0 Å². The normalized spacial score (nSPS) is 15.5. The Labute approximate surface area is 60.5 Å². The smallest absolute Gasteiger partial charge is 0.0583 e. The van der Waals surface area contributed by atoms with E-state index in [0.29, 0.717) is 0 Å². The summed E-state index contributed by atoms with van der Waals surface area (Å²) in [5, 5.41) is 0. The number of likely N-dealkylation sites (N-methyl/N-ethyl adjacent to an activating group) is 1. The molecule has 0 bridgehead atoms. The summed E-state index contributed by atoms with van der Waals surface area (Å²) in [5.74, 6) is 0. The summed E-state index contributed by atoms with van der Waals surface area (Å²) in [6, 6.07) is 2.10. The molecule has 2 rings (SSSR count). The molecule has 1 aromatic rings. The molecular formula is C8H10N2. The van der Waals surface area contributed by atoms with Gasteiger partial charge in [-0.2, -0.15) is 0 Å². The van der Waals surface area contributed by atoms with Gasteiger partial charge < -0.3 is 4.90 Å². The van der Waals surface area contributed by atoms with Crippen molar-refractivity contribution in [1.82, 2.24) is 4.98 Å². The molecule has 2 heteroatoms. The summed E-state index contributed by atoms with van der Waals surface area (Å²) in [4.78, 5) is 6.30. The van der Waals surface area contributed by atoms with Gasteiger partial charge in [0.1, 0.15) is 0 Å². The minimum Gasteiger partial charge on any atom is -0.373 e. The number of rotatable bonds is 0. The van der Waals surface area contributed by atoms with Crippen LogP contribution in [-0.4, -0.2) is 18.6 Å². The third-order valence-electron chi connectivity index (χ3n) is 2.02. The number of fused-ring (bicyclic) bond motifs is 1. The van der Waals surface area contributed by atoms with E-state index in [1.807, 2.05) is 12.4 Å². The lowest BCUT2D eigenvalue weighted by Gasteiger charge is -2.09. The first-order chi connectivity index (χ1) is 4.88. The predicted molar refractivity (Wildman–Crippen MR) is 41.2 cm³/mol. The molecule has 1 aromatic heterocycles. The molecule has 0 unspecified atom stereocenters. The topological polar surface area (TPSA) is 16.1 Å². The van der Waals surface area contributed by atoms with Crippen molar-refractivity contribution >= 4 is 5.69 Å². The maximum atomic E-state index is 4.07. The Bertz CT molecular complexity index is 245. The number of hydrogen-bond donors (Lipinski definition) is 0. The van der Waals surface area contributed by atoms with Crippen molar-refractivity contribution in [3.05, 3.63) is 24.0 Å². The van der Waals surface area contributed by atoms with Crippen molar-refractivity contribution in [3.63, 3.8) is 0 Å².